The number of nitrogens with one attached hydrogen (secondary N) is 1. The molecule has 6 nitrogen and oxygen atoms in total. The first-order chi connectivity index (χ1) is 8.06. The zero-order valence-corrected chi connectivity index (χ0v) is 8.90. The van der Waals surface area contributed by atoms with Gasteiger partial charge in [-0.05, 0) is 12.1 Å². The van der Waals surface area contributed by atoms with Gasteiger partial charge >= 0.3 is 0 Å². The van der Waals surface area contributed by atoms with E-state index >= 15 is 0 Å². The Morgan fingerprint density at radius 2 is 2.12 bits per heavy atom. The molecule has 17 heavy (non-hydrogen) atoms. The number of hydrogen-bond donors (Lipinski definition) is 3. The Kier molecular flexibility index (Phi) is 4.41. The number of carbonyl (C=O) groups excluding carboxylic acids is 2. The molecule has 0 aliphatic rings. The fraction of sp³-hybridized carbons (Fsp3) is 0.200. The van der Waals surface area contributed by atoms with E-state index < -0.39 is 17.6 Å². The molecular weight excluding hydrogens is 229 g/mol. The van der Waals surface area contributed by atoms with Crippen molar-refractivity contribution < 1.29 is 18.7 Å². The minimum absolute atomic E-state index is 0.00215. The second-order valence-corrected chi connectivity index (χ2v) is 3.14. The van der Waals surface area contributed by atoms with Crippen LogP contribution in [0.2, 0.25) is 0 Å². The normalized spacial score (nSPS) is 9.76. The summed E-state index contributed by atoms with van der Waals surface area (Å²) >= 11 is 0. The van der Waals surface area contributed by atoms with Gasteiger partial charge in [-0.3, -0.25) is 15.0 Å². The van der Waals surface area contributed by atoms with Crippen molar-refractivity contribution in [3.63, 3.8) is 0 Å². The van der Waals surface area contributed by atoms with E-state index in [0.29, 0.717) is 0 Å². The van der Waals surface area contributed by atoms with Crippen LogP contribution in [0.4, 0.5) is 4.39 Å². The molecule has 7 heteroatoms. The third-order valence-corrected chi connectivity index (χ3v) is 1.97. The summed E-state index contributed by atoms with van der Waals surface area (Å²) in [4.78, 5) is 21.8. The minimum atomic E-state index is -0.929. The van der Waals surface area contributed by atoms with E-state index in [4.69, 9.17) is 16.3 Å². The monoisotopic (exact) mass is 241 g/mol. The molecule has 5 N–H and O–H groups in total. The molecule has 1 aromatic rings. The SMILES string of the molecule is NNC(=O)CCOc1cccc(F)c1C(N)=O. The predicted molar refractivity (Wildman–Crippen MR) is 57.4 cm³/mol. The Bertz CT molecular complexity index is 437. The van der Waals surface area contributed by atoms with Gasteiger partial charge in [0, 0.05) is 0 Å². The number of hydrogen-bond acceptors (Lipinski definition) is 4. The zero-order chi connectivity index (χ0) is 12.8. The van der Waals surface area contributed by atoms with Crippen molar-refractivity contribution in [1.82, 2.24) is 5.43 Å². The minimum Gasteiger partial charge on any atom is -0.492 e. The summed E-state index contributed by atoms with van der Waals surface area (Å²) in [5.41, 5.74) is 6.60. The molecule has 0 aliphatic carbocycles. The van der Waals surface area contributed by atoms with Crippen LogP contribution < -0.4 is 21.7 Å². The molecule has 0 heterocycles. The van der Waals surface area contributed by atoms with Crippen molar-refractivity contribution in [2.75, 3.05) is 6.61 Å². The Labute approximate surface area is 96.7 Å². The number of rotatable bonds is 5. The van der Waals surface area contributed by atoms with Gasteiger partial charge in [0.25, 0.3) is 5.91 Å². The van der Waals surface area contributed by atoms with Gasteiger partial charge < -0.3 is 10.5 Å². The molecule has 0 radical (unpaired) electrons. The molecule has 0 bridgehead atoms. The Balaban J connectivity index is 2.74. The molecule has 0 spiro atoms. The smallest absolute Gasteiger partial charge is 0.255 e. The summed E-state index contributed by atoms with van der Waals surface area (Å²) < 4.78 is 18.4. The topological polar surface area (TPSA) is 107 Å². The highest BCUT2D eigenvalue weighted by molar-refractivity contribution is 5.95. The highest BCUT2D eigenvalue weighted by atomic mass is 19.1. The molecule has 1 rings (SSSR count). The van der Waals surface area contributed by atoms with Crippen LogP contribution in [0.1, 0.15) is 16.8 Å². The van der Waals surface area contributed by atoms with Crippen molar-refractivity contribution in [3.8, 4) is 5.75 Å². The van der Waals surface area contributed by atoms with E-state index in [2.05, 4.69) is 0 Å². The van der Waals surface area contributed by atoms with Crippen molar-refractivity contribution in [1.29, 1.82) is 0 Å². The maximum atomic E-state index is 13.3. The third-order valence-electron chi connectivity index (χ3n) is 1.97. The first kappa shape index (κ1) is 12.9. The van der Waals surface area contributed by atoms with Crippen LogP contribution >= 0.6 is 0 Å². The van der Waals surface area contributed by atoms with Crippen LogP contribution in [0.25, 0.3) is 0 Å². The van der Waals surface area contributed by atoms with Gasteiger partial charge in [-0.25, -0.2) is 10.2 Å². The summed E-state index contributed by atoms with van der Waals surface area (Å²) in [5.74, 6) is 2.74. The summed E-state index contributed by atoms with van der Waals surface area (Å²) in [6.45, 7) is -0.0350. The molecular formula is C10H12FN3O3. The predicted octanol–water partition coefficient (Wildman–Crippen LogP) is -0.317. The molecule has 92 valence electrons. The van der Waals surface area contributed by atoms with Crippen molar-refractivity contribution in [2.24, 2.45) is 11.6 Å². The standard InChI is InChI=1S/C10H12FN3O3/c11-6-2-1-3-7(9(6)10(12)16)17-5-4-8(15)14-13/h1-3H,4-5,13H2,(H2,12,16)(H,14,15). The van der Waals surface area contributed by atoms with Gasteiger partial charge in [-0.2, -0.15) is 0 Å². The first-order valence-electron chi connectivity index (χ1n) is 4.76. The Hall–Kier alpha value is -2.15. The second kappa shape index (κ2) is 5.80. The maximum absolute atomic E-state index is 13.3. The molecule has 0 saturated carbocycles. The lowest BCUT2D eigenvalue weighted by Crippen LogP contribution is -2.31. The molecule has 0 saturated heterocycles. The van der Waals surface area contributed by atoms with Gasteiger partial charge in [0.15, 0.2) is 0 Å². The number of amides is 2. The van der Waals surface area contributed by atoms with Gasteiger partial charge in [-0.1, -0.05) is 6.07 Å². The fourth-order valence-electron chi connectivity index (χ4n) is 1.19. The van der Waals surface area contributed by atoms with Crippen LogP contribution in [0.15, 0.2) is 18.2 Å². The Morgan fingerprint density at radius 3 is 2.71 bits per heavy atom. The van der Waals surface area contributed by atoms with E-state index in [-0.39, 0.29) is 24.3 Å². The number of hydrazine groups is 1. The number of primary amides is 1. The lowest BCUT2D eigenvalue weighted by Gasteiger charge is -2.09. The maximum Gasteiger partial charge on any atom is 0.255 e. The number of nitrogens with two attached hydrogens (primary N) is 2. The summed E-state index contributed by atoms with van der Waals surface area (Å²) in [6.07, 6.45) is -0.00872. The molecule has 2 amide bonds. The van der Waals surface area contributed by atoms with E-state index in [0.717, 1.165) is 6.07 Å². The largest absolute Gasteiger partial charge is 0.492 e. The van der Waals surface area contributed by atoms with Gasteiger partial charge in [-0.15, -0.1) is 0 Å². The summed E-state index contributed by atoms with van der Waals surface area (Å²) in [5, 5.41) is 0. The van der Waals surface area contributed by atoms with E-state index in [1.807, 2.05) is 5.43 Å². The molecule has 0 aliphatic heterocycles. The quantitative estimate of drug-likeness (QED) is 0.373. The number of carbonyl (C=O) groups is 2. The lowest BCUT2D eigenvalue weighted by molar-refractivity contribution is -0.121. The van der Waals surface area contributed by atoms with Gasteiger partial charge in [0.05, 0.1) is 13.0 Å². The lowest BCUT2D eigenvalue weighted by atomic mass is 10.2. The fourth-order valence-corrected chi connectivity index (χ4v) is 1.19. The molecule has 0 atom stereocenters. The number of halogens is 1. The van der Waals surface area contributed by atoms with Gasteiger partial charge in [0.2, 0.25) is 5.91 Å². The van der Waals surface area contributed by atoms with E-state index in [1.54, 1.807) is 0 Å². The molecule has 1 aromatic carbocycles. The van der Waals surface area contributed by atoms with Crippen molar-refractivity contribution in [2.45, 2.75) is 6.42 Å². The molecule has 0 fully saturated rings. The average Bonchev–Trinajstić information content (AvgIpc) is 2.28. The van der Waals surface area contributed by atoms with Crippen LogP contribution in [-0.4, -0.2) is 18.4 Å². The average molecular weight is 241 g/mol. The summed E-state index contributed by atoms with van der Waals surface area (Å²) in [7, 11) is 0. The van der Waals surface area contributed by atoms with E-state index in [9.17, 15) is 14.0 Å². The Morgan fingerprint density at radius 1 is 1.41 bits per heavy atom. The summed E-state index contributed by atoms with van der Waals surface area (Å²) in [6, 6.07) is 3.86. The zero-order valence-electron chi connectivity index (χ0n) is 8.90. The van der Waals surface area contributed by atoms with Crippen molar-refractivity contribution >= 4 is 11.8 Å². The van der Waals surface area contributed by atoms with Crippen molar-refractivity contribution in [3.05, 3.63) is 29.6 Å². The highest BCUT2D eigenvalue weighted by Gasteiger charge is 2.15. The molecule has 0 aromatic heterocycles. The number of benzene rings is 1. The van der Waals surface area contributed by atoms with E-state index in [1.165, 1.54) is 12.1 Å². The van der Waals surface area contributed by atoms with Crippen LogP contribution in [0.5, 0.6) is 5.75 Å². The molecule has 0 unspecified atom stereocenters. The first-order valence-corrected chi connectivity index (χ1v) is 4.76. The van der Waals surface area contributed by atoms with Crippen LogP contribution in [0.3, 0.4) is 0 Å². The van der Waals surface area contributed by atoms with Crippen LogP contribution in [0, 0.1) is 5.82 Å². The number of ether oxygens (including phenoxy) is 1. The third kappa shape index (κ3) is 3.42. The second-order valence-electron chi connectivity index (χ2n) is 3.14. The highest BCUT2D eigenvalue weighted by Crippen LogP contribution is 2.20. The van der Waals surface area contributed by atoms with Crippen LogP contribution in [-0.2, 0) is 4.79 Å². The van der Waals surface area contributed by atoms with Gasteiger partial charge in [0.1, 0.15) is 17.1 Å².